The molecule has 1 saturated heterocycles. The van der Waals surface area contributed by atoms with Crippen LogP contribution < -0.4 is 21.0 Å². The SMILES string of the molecule is CCNC(=O)c1cn(C2CCCCC2)c2nc(Nc3cccc(N4CCN(C)CC4)c3)ncc2c1=O. The Balaban J connectivity index is 1.49. The van der Waals surface area contributed by atoms with Gasteiger partial charge in [0.2, 0.25) is 11.4 Å². The molecule has 0 spiro atoms. The van der Waals surface area contributed by atoms with E-state index in [-0.39, 0.29) is 22.9 Å². The molecule has 1 aromatic carbocycles. The van der Waals surface area contributed by atoms with E-state index in [9.17, 15) is 9.59 Å². The predicted octanol–water partition coefficient (Wildman–Crippen LogP) is 3.54. The highest BCUT2D eigenvalue weighted by atomic mass is 16.2. The second-order valence-corrected chi connectivity index (χ2v) is 9.83. The number of piperazine rings is 1. The number of benzene rings is 1. The van der Waals surface area contributed by atoms with Crippen molar-refractivity contribution < 1.29 is 4.79 Å². The summed E-state index contributed by atoms with van der Waals surface area (Å²) in [6, 6.07) is 8.48. The summed E-state index contributed by atoms with van der Waals surface area (Å²) in [7, 11) is 2.15. The lowest BCUT2D eigenvalue weighted by Crippen LogP contribution is -2.44. The number of aromatic nitrogens is 3. The van der Waals surface area contributed by atoms with Crippen LogP contribution in [0.15, 0.2) is 41.5 Å². The summed E-state index contributed by atoms with van der Waals surface area (Å²) >= 11 is 0. The monoisotopic (exact) mass is 489 g/mol. The number of hydrogen-bond donors (Lipinski definition) is 2. The van der Waals surface area contributed by atoms with Crippen molar-refractivity contribution in [2.75, 3.05) is 50.0 Å². The minimum atomic E-state index is -0.350. The molecule has 0 radical (unpaired) electrons. The van der Waals surface area contributed by atoms with Crippen molar-refractivity contribution in [3.63, 3.8) is 0 Å². The van der Waals surface area contributed by atoms with Crippen LogP contribution in [0.25, 0.3) is 11.0 Å². The zero-order valence-corrected chi connectivity index (χ0v) is 21.2. The Hall–Kier alpha value is -3.46. The van der Waals surface area contributed by atoms with E-state index in [0.29, 0.717) is 23.5 Å². The second-order valence-electron chi connectivity index (χ2n) is 9.83. The number of anilines is 3. The van der Waals surface area contributed by atoms with Gasteiger partial charge in [-0.2, -0.15) is 4.98 Å². The van der Waals surface area contributed by atoms with Crippen molar-refractivity contribution in [3.8, 4) is 0 Å². The third kappa shape index (κ3) is 5.06. The Bertz CT molecular complexity index is 1290. The fourth-order valence-corrected chi connectivity index (χ4v) is 5.22. The molecule has 1 saturated carbocycles. The van der Waals surface area contributed by atoms with Gasteiger partial charge < -0.3 is 25.0 Å². The summed E-state index contributed by atoms with van der Waals surface area (Å²) in [5.41, 5.74) is 2.47. The Morgan fingerprint density at radius 3 is 2.64 bits per heavy atom. The van der Waals surface area contributed by atoms with E-state index in [0.717, 1.165) is 57.5 Å². The van der Waals surface area contributed by atoms with Crippen molar-refractivity contribution in [3.05, 3.63) is 52.4 Å². The largest absolute Gasteiger partial charge is 0.369 e. The Kier molecular flexibility index (Phi) is 7.18. The maximum Gasteiger partial charge on any atom is 0.256 e. The molecule has 9 nitrogen and oxygen atoms in total. The van der Waals surface area contributed by atoms with Crippen LogP contribution in [0.2, 0.25) is 0 Å². The molecule has 2 aliphatic rings. The number of nitrogens with one attached hydrogen (secondary N) is 2. The lowest BCUT2D eigenvalue weighted by molar-refractivity contribution is 0.0954. The number of fused-ring (bicyclic) bond motifs is 1. The molecule has 2 fully saturated rings. The van der Waals surface area contributed by atoms with Crippen LogP contribution >= 0.6 is 0 Å². The second kappa shape index (κ2) is 10.7. The molecule has 2 aromatic heterocycles. The van der Waals surface area contributed by atoms with E-state index < -0.39 is 0 Å². The standard InChI is InChI=1S/C27H35N7O2/c1-3-28-26(36)23-18-34(20-9-5-4-6-10-20)25-22(24(23)35)17-29-27(31-25)30-19-8-7-11-21(16-19)33-14-12-32(2)13-15-33/h7-8,11,16-18,20H,3-6,9-10,12-15H2,1-2H3,(H,28,36)(H,29,30,31). The van der Waals surface area contributed by atoms with Crippen LogP contribution in [0.4, 0.5) is 17.3 Å². The van der Waals surface area contributed by atoms with Gasteiger partial charge in [0.15, 0.2) is 0 Å². The molecule has 1 aliphatic heterocycles. The molecule has 190 valence electrons. The van der Waals surface area contributed by atoms with Gasteiger partial charge in [0.25, 0.3) is 5.91 Å². The highest BCUT2D eigenvalue weighted by Crippen LogP contribution is 2.30. The lowest BCUT2D eigenvalue weighted by Gasteiger charge is -2.34. The number of amides is 1. The van der Waals surface area contributed by atoms with Gasteiger partial charge in [0.1, 0.15) is 11.2 Å². The highest BCUT2D eigenvalue weighted by Gasteiger charge is 2.23. The summed E-state index contributed by atoms with van der Waals surface area (Å²) in [6.07, 6.45) is 8.74. The first kappa shape index (κ1) is 24.2. The summed E-state index contributed by atoms with van der Waals surface area (Å²) < 4.78 is 2.04. The molecule has 3 heterocycles. The van der Waals surface area contributed by atoms with Crippen LogP contribution in [0.5, 0.6) is 0 Å². The highest BCUT2D eigenvalue weighted by molar-refractivity contribution is 5.96. The maximum atomic E-state index is 13.2. The Morgan fingerprint density at radius 2 is 1.89 bits per heavy atom. The first-order chi connectivity index (χ1) is 17.5. The van der Waals surface area contributed by atoms with Gasteiger partial charge in [0.05, 0.1) is 5.39 Å². The van der Waals surface area contributed by atoms with Crippen LogP contribution in [0.1, 0.15) is 55.4 Å². The number of carbonyl (C=O) groups excluding carboxylic acids is 1. The van der Waals surface area contributed by atoms with Crippen molar-refractivity contribution >= 4 is 34.3 Å². The van der Waals surface area contributed by atoms with E-state index in [2.05, 4.69) is 44.6 Å². The van der Waals surface area contributed by atoms with Crippen LogP contribution in [-0.2, 0) is 0 Å². The smallest absolute Gasteiger partial charge is 0.256 e. The fraction of sp³-hybridized carbons (Fsp3) is 0.481. The van der Waals surface area contributed by atoms with Gasteiger partial charge in [-0.1, -0.05) is 25.3 Å². The molecular formula is C27H35N7O2. The molecule has 36 heavy (non-hydrogen) atoms. The van der Waals surface area contributed by atoms with E-state index in [4.69, 9.17) is 4.98 Å². The molecule has 9 heteroatoms. The topological polar surface area (TPSA) is 95.4 Å². The first-order valence-corrected chi connectivity index (χ1v) is 13.0. The average Bonchev–Trinajstić information content (AvgIpc) is 2.90. The fourth-order valence-electron chi connectivity index (χ4n) is 5.22. The van der Waals surface area contributed by atoms with E-state index in [1.165, 1.54) is 12.1 Å². The summed E-state index contributed by atoms with van der Waals surface area (Å²) in [5, 5.41) is 6.48. The lowest BCUT2D eigenvalue weighted by atomic mass is 9.95. The molecule has 2 N–H and O–H groups in total. The van der Waals surface area contributed by atoms with Crippen molar-refractivity contribution in [1.82, 2.24) is 24.8 Å². The normalized spacial score (nSPS) is 17.3. The number of rotatable bonds is 6. The van der Waals surface area contributed by atoms with Gasteiger partial charge in [-0.3, -0.25) is 9.59 Å². The third-order valence-corrected chi connectivity index (χ3v) is 7.29. The number of carbonyl (C=O) groups is 1. The molecule has 1 aliphatic carbocycles. The van der Waals surface area contributed by atoms with Crippen molar-refractivity contribution in [1.29, 1.82) is 0 Å². The van der Waals surface area contributed by atoms with E-state index in [1.54, 1.807) is 12.4 Å². The Morgan fingerprint density at radius 1 is 1.11 bits per heavy atom. The van der Waals surface area contributed by atoms with Gasteiger partial charge in [-0.25, -0.2) is 4.98 Å². The average molecular weight is 490 g/mol. The number of pyridine rings is 1. The van der Waals surface area contributed by atoms with E-state index >= 15 is 0 Å². The number of nitrogens with zero attached hydrogens (tertiary/aromatic N) is 5. The van der Waals surface area contributed by atoms with Crippen LogP contribution in [0, 0.1) is 0 Å². The molecular weight excluding hydrogens is 454 g/mol. The van der Waals surface area contributed by atoms with Crippen LogP contribution in [-0.4, -0.2) is 65.1 Å². The van der Waals surface area contributed by atoms with Crippen molar-refractivity contribution in [2.24, 2.45) is 0 Å². The Labute approximate surface area is 211 Å². The zero-order chi connectivity index (χ0) is 25.1. The first-order valence-electron chi connectivity index (χ1n) is 13.0. The molecule has 3 aromatic rings. The van der Waals surface area contributed by atoms with E-state index in [1.807, 2.05) is 23.6 Å². The molecule has 5 rings (SSSR count). The molecule has 0 atom stereocenters. The predicted molar refractivity (Wildman–Crippen MR) is 143 cm³/mol. The van der Waals surface area contributed by atoms with Gasteiger partial charge in [0, 0.05) is 62.5 Å². The zero-order valence-electron chi connectivity index (χ0n) is 21.2. The van der Waals surface area contributed by atoms with Crippen LogP contribution in [0.3, 0.4) is 0 Å². The summed E-state index contributed by atoms with van der Waals surface area (Å²) in [6.45, 7) is 6.39. The van der Waals surface area contributed by atoms with Gasteiger partial charge >= 0.3 is 0 Å². The maximum absolute atomic E-state index is 13.2. The summed E-state index contributed by atoms with van der Waals surface area (Å²) in [4.78, 5) is 39.8. The minimum Gasteiger partial charge on any atom is -0.369 e. The molecule has 0 unspecified atom stereocenters. The number of hydrogen-bond acceptors (Lipinski definition) is 7. The quantitative estimate of drug-likeness (QED) is 0.547. The minimum absolute atomic E-state index is 0.152. The van der Waals surface area contributed by atoms with Gasteiger partial charge in [-0.05, 0) is 45.0 Å². The summed E-state index contributed by atoms with van der Waals surface area (Å²) in [5.74, 6) is 0.0876. The number of likely N-dealkylation sites (N-methyl/N-ethyl adjacent to an activating group) is 1. The molecule has 0 bridgehead atoms. The van der Waals surface area contributed by atoms with Gasteiger partial charge in [-0.15, -0.1) is 0 Å². The third-order valence-electron chi connectivity index (χ3n) is 7.29. The molecule has 1 amide bonds. The van der Waals surface area contributed by atoms with Crippen molar-refractivity contribution in [2.45, 2.75) is 45.1 Å².